The first-order chi connectivity index (χ1) is 13.9. The van der Waals surface area contributed by atoms with Gasteiger partial charge in [0.1, 0.15) is 5.75 Å². The largest absolute Gasteiger partial charge is 0.496 e. The van der Waals surface area contributed by atoms with Crippen LogP contribution < -0.4 is 10.1 Å². The average Bonchev–Trinajstić information content (AvgIpc) is 3.03. The van der Waals surface area contributed by atoms with Gasteiger partial charge in [-0.15, -0.1) is 0 Å². The van der Waals surface area contributed by atoms with Crippen molar-refractivity contribution in [2.45, 2.75) is 26.4 Å². The number of fused-ring (bicyclic) bond motifs is 1. The fraction of sp³-hybridized carbons (Fsp3) is 0.318. The molecule has 1 N–H and O–H groups in total. The van der Waals surface area contributed by atoms with Gasteiger partial charge < -0.3 is 19.5 Å². The normalized spacial score (nSPS) is 14.9. The maximum absolute atomic E-state index is 12.5. The summed E-state index contributed by atoms with van der Waals surface area (Å²) >= 11 is 0. The standard InChI is InChI=1S/C22H23NO6/c1-4-28-11-16-9-15(6-8-20(16)27-3)22(26)29-12-19(24)14-5-7-18-17(10-14)13(2)21(25)23-18/h5-10,13H,4,11-12H2,1-3H3,(H,23,25)/t13-/m0/s1. The minimum Gasteiger partial charge on any atom is -0.496 e. The number of hydrogen-bond donors (Lipinski definition) is 1. The topological polar surface area (TPSA) is 90.9 Å². The molecular formula is C22H23NO6. The first kappa shape index (κ1) is 20.5. The Morgan fingerprint density at radius 2 is 1.86 bits per heavy atom. The number of benzene rings is 2. The molecule has 3 rings (SSSR count). The van der Waals surface area contributed by atoms with Crippen LogP contribution in [0.4, 0.5) is 5.69 Å². The van der Waals surface area contributed by atoms with E-state index in [1.165, 1.54) is 0 Å². The number of amides is 1. The number of hydrogen-bond acceptors (Lipinski definition) is 6. The summed E-state index contributed by atoms with van der Waals surface area (Å²) in [4.78, 5) is 36.6. The predicted octanol–water partition coefficient (Wildman–Crippen LogP) is 3.33. The van der Waals surface area contributed by atoms with E-state index in [1.807, 2.05) is 6.92 Å². The molecule has 2 aromatic carbocycles. The van der Waals surface area contributed by atoms with Crippen molar-refractivity contribution in [2.24, 2.45) is 0 Å². The lowest BCUT2D eigenvalue weighted by atomic mass is 9.99. The number of Topliss-reactive ketones (excluding diaryl/α,β-unsaturated/α-hetero) is 1. The lowest BCUT2D eigenvalue weighted by Crippen LogP contribution is -2.15. The van der Waals surface area contributed by atoms with Gasteiger partial charge in [-0.3, -0.25) is 9.59 Å². The molecule has 2 aromatic rings. The second kappa shape index (κ2) is 8.87. The Balaban J connectivity index is 1.66. The summed E-state index contributed by atoms with van der Waals surface area (Å²) in [5.74, 6) is -0.746. The van der Waals surface area contributed by atoms with Crippen molar-refractivity contribution in [3.63, 3.8) is 0 Å². The molecule has 1 atom stereocenters. The van der Waals surface area contributed by atoms with Crippen LogP contribution in [0.5, 0.6) is 5.75 Å². The number of methoxy groups -OCH3 is 1. The monoisotopic (exact) mass is 397 g/mol. The minimum atomic E-state index is -0.606. The third-order valence-electron chi connectivity index (χ3n) is 4.80. The Morgan fingerprint density at radius 3 is 2.59 bits per heavy atom. The van der Waals surface area contributed by atoms with Gasteiger partial charge >= 0.3 is 5.97 Å². The van der Waals surface area contributed by atoms with Crippen molar-refractivity contribution in [1.82, 2.24) is 0 Å². The second-order valence-corrected chi connectivity index (χ2v) is 6.68. The number of anilines is 1. The molecule has 7 heteroatoms. The number of ketones is 1. The highest BCUT2D eigenvalue weighted by Crippen LogP contribution is 2.32. The van der Waals surface area contributed by atoms with E-state index in [4.69, 9.17) is 14.2 Å². The Hall–Kier alpha value is -3.19. The van der Waals surface area contributed by atoms with Crippen LogP contribution in [-0.2, 0) is 20.9 Å². The van der Waals surface area contributed by atoms with E-state index in [0.717, 1.165) is 11.1 Å². The first-order valence-electron chi connectivity index (χ1n) is 9.34. The third kappa shape index (κ3) is 4.46. The van der Waals surface area contributed by atoms with E-state index in [-0.39, 0.29) is 24.2 Å². The van der Waals surface area contributed by atoms with E-state index in [9.17, 15) is 14.4 Å². The first-order valence-corrected chi connectivity index (χ1v) is 9.34. The van der Waals surface area contributed by atoms with Gasteiger partial charge in [-0.2, -0.15) is 0 Å². The number of carbonyl (C=O) groups is 3. The summed E-state index contributed by atoms with van der Waals surface area (Å²) in [6.07, 6.45) is 0. The summed E-state index contributed by atoms with van der Waals surface area (Å²) in [6, 6.07) is 9.85. The molecule has 7 nitrogen and oxygen atoms in total. The zero-order valence-corrected chi connectivity index (χ0v) is 16.6. The van der Waals surface area contributed by atoms with Crippen molar-refractivity contribution in [2.75, 3.05) is 25.6 Å². The molecule has 1 amide bonds. The van der Waals surface area contributed by atoms with Gasteiger partial charge in [0.25, 0.3) is 0 Å². The minimum absolute atomic E-state index is 0.0987. The van der Waals surface area contributed by atoms with Crippen LogP contribution in [0.2, 0.25) is 0 Å². The summed E-state index contributed by atoms with van der Waals surface area (Å²) in [7, 11) is 1.54. The number of ether oxygens (including phenoxy) is 3. The summed E-state index contributed by atoms with van der Waals surface area (Å²) in [6.45, 7) is 4.10. The van der Waals surface area contributed by atoms with Crippen LogP contribution >= 0.6 is 0 Å². The summed E-state index contributed by atoms with van der Waals surface area (Å²) in [5, 5.41) is 2.76. The maximum atomic E-state index is 12.5. The van der Waals surface area contributed by atoms with Gasteiger partial charge in [-0.1, -0.05) is 0 Å². The van der Waals surface area contributed by atoms with Gasteiger partial charge in [0.15, 0.2) is 12.4 Å². The van der Waals surface area contributed by atoms with E-state index >= 15 is 0 Å². The summed E-state index contributed by atoms with van der Waals surface area (Å²) in [5.41, 5.74) is 2.90. The molecule has 0 aliphatic carbocycles. The Kier molecular flexibility index (Phi) is 6.29. The van der Waals surface area contributed by atoms with Crippen LogP contribution in [0, 0.1) is 0 Å². The zero-order valence-electron chi connectivity index (χ0n) is 16.6. The number of esters is 1. The molecule has 0 aromatic heterocycles. The molecule has 0 unspecified atom stereocenters. The fourth-order valence-electron chi connectivity index (χ4n) is 3.12. The van der Waals surface area contributed by atoms with Crippen LogP contribution in [-0.4, -0.2) is 38.0 Å². The van der Waals surface area contributed by atoms with Crippen molar-refractivity contribution in [3.8, 4) is 5.75 Å². The SMILES string of the molecule is CCOCc1cc(C(=O)OCC(=O)c2ccc3c(c2)[C@H](C)C(=O)N3)ccc1OC. The van der Waals surface area contributed by atoms with E-state index in [0.29, 0.717) is 35.8 Å². The zero-order chi connectivity index (χ0) is 21.0. The van der Waals surface area contributed by atoms with Crippen LogP contribution in [0.25, 0.3) is 0 Å². The van der Waals surface area contributed by atoms with Crippen molar-refractivity contribution in [3.05, 3.63) is 58.7 Å². The van der Waals surface area contributed by atoms with Gasteiger partial charge in [-0.05, 0) is 55.8 Å². The van der Waals surface area contributed by atoms with Gasteiger partial charge in [0.05, 0.1) is 25.2 Å². The highest BCUT2D eigenvalue weighted by atomic mass is 16.5. The van der Waals surface area contributed by atoms with E-state index in [1.54, 1.807) is 50.4 Å². The molecule has 152 valence electrons. The van der Waals surface area contributed by atoms with Gasteiger partial charge in [-0.25, -0.2) is 4.79 Å². The van der Waals surface area contributed by atoms with Crippen molar-refractivity contribution < 1.29 is 28.6 Å². The number of nitrogens with one attached hydrogen (secondary N) is 1. The molecule has 0 saturated carbocycles. The van der Waals surface area contributed by atoms with Crippen molar-refractivity contribution in [1.29, 1.82) is 0 Å². The highest BCUT2D eigenvalue weighted by molar-refractivity contribution is 6.05. The lowest BCUT2D eigenvalue weighted by Gasteiger charge is -2.11. The number of rotatable bonds is 8. The van der Waals surface area contributed by atoms with Gasteiger partial charge in [0, 0.05) is 23.4 Å². The molecule has 0 spiro atoms. The van der Waals surface area contributed by atoms with E-state index < -0.39 is 5.97 Å². The Labute approximate surface area is 169 Å². The second-order valence-electron chi connectivity index (χ2n) is 6.68. The highest BCUT2D eigenvalue weighted by Gasteiger charge is 2.27. The fourth-order valence-corrected chi connectivity index (χ4v) is 3.12. The molecule has 0 radical (unpaired) electrons. The summed E-state index contributed by atoms with van der Waals surface area (Å²) < 4.78 is 15.9. The molecular weight excluding hydrogens is 374 g/mol. The number of carbonyl (C=O) groups excluding carboxylic acids is 3. The van der Waals surface area contributed by atoms with Crippen LogP contribution in [0.3, 0.4) is 0 Å². The molecule has 1 aliphatic rings. The molecule has 1 aliphatic heterocycles. The quantitative estimate of drug-likeness (QED) is 0.543. The molecule has 1 heterocycles. The Bertz CT molecular complexity index is 952. The van der Waals surface area contributed by atoms with Crippen molar-refractivity contribution >= 4 is 23.3 Å². The van der Waals surface area contributed by atoms with Crippen LogP contribution in [0.15, 0.2) is 36.4 Å². The average molecular weight is 397 g/mol. The predicted molar refractivity (Wildman–Crippen MR) is 106 cm³/mol. The third-order valence-corrected chi connectivity index (χ3v) is 4.80. The smallest absolute Gasteiger partial charge is 0.338 e. The molecule has 0 fully saturated rings. The molecule has 29 heavy (non-hydrogen) atoms. The van der Waals surface area contributed by atoms with Crippen LogP contribution in [0.1, 0.15) is 51.6 Å². The molecule has 0 bridgehead atoms. The lowest BCUT2D eigenvalue weighted by molar-refractivity contribution is -0.116. The Morgan fingerprint density at radius 1 is 1.10 bits per heavy atom. The maximum Gasteiger partial charge on any atom is 0.338 e. The molecule has 0 saturated heterocycles. The van der Waals surface area contributed by atoms with E-state index in [2.05, 4.69) is 5.32 Å². The van der Waals surface area contributed by atoms with Gasteiger partial charge in [0.2, 0.25) is 5.91 Å².